The highest BCUT2D eigenvalue weighted by Crippen LogP contribution is 2.29. The number of hydrogen-bond acceptors (Lipinski definition) is 3. The van der Waals surface area contributed by atoms with E-state index >= 15 is 0 Å². The predicted octanol–water partition coefficient (Wildman–Crippen LogP) is 3.75. The van der Waals surface area contributed by atoms with Gasteiger partial charge in [-0.05, 0) is 54.4 Å². The van der Waals surface area contributed by atoms with Gasteiger partial charge >= 0.3 is 0 Å². The fraction of sp³-hybridized carbons (Fsp3) is 0.312. The molecule has 20 heavy (non-hydrogen) atoms. The Kier molecular flexibility index (Phi) is 5.56. The van der Waals surface area contributed by atoms with Crippen molar-refractivity contribution < 1.29 is 4.74 Å². The minimum atomic E-state index is 0.242. The quantitative estimate of drug-likeness (QED) is 0.873. The molecule has 0 saturated heterocycles. The standard InChI is InChI=1S/C16H19BrN2O/c1-3-19-16(10-12-6-8-18-9-7-12)14-11-13(20-2)4-5-15(14)17/h4-9,11,16,19H,3,10H2,1-2H3. The average Bonchev–Trinajstić information content (AvgIpc) is 2.48. The molecule has 0 aliphatic carbocycles. The Bertz CT molecular complexity index is 545. The van der Waals surface area contributed by atoms with Crippen LogP contribution in [0.25, 0.3) is 0 Å². The van der Waals surface area contributed by atoms with Crippen LogP contribution in [0.4, 0.5) is 0 Å². The molecule has 0 spiro atoms. The Hall–Kier alpha value is -1.39. The van der Waals surface area contributed by atoms with E-state index in [9.17, 15) is 0 Å². The third-order valence-corrected chi connectivity index (χ3v) is 3.94. The summed E-state index contributed by atoms with van der Waals surface area (Å²) in [5.41, 5.74) is 2.48. The molecular weight excluding hydrogens is 316 g/mol. The van der Waals surface area contributed by atoms with Crippen LogP contribution in [0.3, 0.4) is 0 Å². The van der Waals surface area contributed by atoms with Gasteiger partial charge in [-0.1, -0.05) is 22.9 Å². The number of halogens is 1. The van der Waals surface area contributed by atoms with E-state index < -0.39 is 0 Å². The van der Waals surface area contributed by atoms with Crippen LogP contribution in [-0.2, 0) is 6.42 Å². The predicted molar refractivity (Wildman–Crippen MR) is 85.1 cm³/mol. The summed E-state index contributed by atoms with van der Waals surface area (Å²) in [6, 6.07) is 10.4. The molecule has 3 nitrogen and oxygen atoms in total. The Morgan fingerprint density at radius 2 is 2.00 bits per heavy atom. The van der Waals surface area contributed by atoms with Crippen LogP contribution in [0, 0.1) is 0 Å². The molecule has 0 saturated carbocycles. The molecular formula is C16H19BrN2O. The molecule has 2 rings (SSSR count). The molecule has 1 heterocycles. The SMILES string of the molecule is CCNC(Cc1ccncc1)c1cc(OC)ccc1Br. The first-order chi connectivity index (χ1) is 9.74. The van der Waals surface area contributed by atoms with Gasteiger partial charge in [-0.2, -0.15) is 0 Å². The lowest BCUT2D eigenvalue weighted by molar-refractivity contribution is 0.412. The van der Waals surface area contributed by atoms with Crippen molar-refractivity contribution in [2.75, 3.05) is 13.7 Å². The van der Waals surface area contributed by atoms with Crippen molar-refractivity contribution >= 4 is 15.9 Å². The van der Waals surface area contributed by atoms with Crippen LogP contribution < -0.4 is 10.1 Å². The first-order valence-electron chi connectivity index (χ1n) is 6.70. The first-order valence-corrected chi connectivity index (χ1v) is 7.49. The summed E-state index contributed by atoms with van der Waals surface area (Å²) < 4.78 is 6.43. The van der Waals surface area contributed by atoms with Gasteiger partial charge in [0.25, 0.3) is 0 Å². The molecule has 1 aromatic carbocycles. The van der Waals surface area contributed by atoms with Gasteiger partial charge in [-0.15, -0.1) is 0 Å². The molecule has 0 fully saturated rings. The highest BCUT2D eigenvalue weighted by atomic mass is 79.9. The maximum Gasteiger partial charge on any atom is 0.119 e. The van der Waals surface area contributed by atoms with Crippen molar-refractivity contribution in [1.29, 1.82) is 0 Å². The van der Waals surface area contributed by atoms with Crippen molar-refractivity contribution in [3.63, 3.8) is 0 Å². The van der Waals surface area contributed by atoms with Crippen molar-refractivity contribution in [2.24, 2.45) is 0 Å². The molecule has 0 bridgehead atoms. The number of nitrogens with one attached hydrogen (secondary N) is 1. The van der Waals surface area contributed by atoms with Gasteiger partial charge < -0.3 is 10.1 Å². The number of pyridine rings is 1. The number of nitrogens with zero attached hydrogens (tertiary/aromatic N) is 1. The Labute approximate surface area is 128 Å². The van der Waals surface area contributed by atoms with E-state index in [-0.39, 0.29) is 6.04 Å². The van der Waals surface area contributed by atoms with E-state index in [4.69, 9.17) is 4.74 Å². The Balaban J connectivity index is 2.28. The summed E-state index contributed by atoms with van der Waals surface area (Å²) in [5, 5.41) is 3.53. The van der Waals surface area contributed by atoms with Gasteiger partial charge in [0.2, 0.25) is 0 Å². The molecule has 2 aromatic rings. The molecule has 0 amide bonds. The summed E-state index contributed by atoms with van der Waals surface area (Å²) in [7, 11) is 1.69. The highest BCUT2D eigenvalue weighted by Gasteiger charge is 2.15. The zero-order valence-corrected chi connectivity index (χ0v) is 13.4. The molecule has 1 unspecified atom stereocenters. The van der Waals surface area contributed by atoms with Gasteiger partial charge in [0.15, 0.2) is 0 Å². The zero-order chi connectivity index (χ0) is 14.4. The number of likely N-dealkylation sites (N-methyl/N-ethyl adjacent to an activating group) is 1. The summed E-state index contributed by atoms with van der Waals surface area (Å²) in [5.74, 6) is 0.876. The van der Waals surface area contributed by atoms with Gasteiger partial charge in [0.1, 0.15) is 5.75 Å². The number of aromatic nitrogens is 1. The van der Waals surface area contributed by atoms with Gasteiger partial charge in [-0.25, -0.2) is 0 Å². The number of methoxy groups -OCH3 is 1. The Morgan fingerprint density at radius 1 is 1.25 bits per heavy atom. The minimum absolute atomic E-state index is 0.242. The number of rotatable bonds is 6. The fourth-order valence-corrected chi connectivity index (χ4v) is 2.73. The van der Waals surface area contributed by atoms with Crippen LogP contribution >= 0.6 is 15.9 Å². The second-order valence-electron chi connectivity index (χ2n) is 4.56. The van der Waals surface area contributed by atoms with Crippen molar-refractivity contribution in [3.05, 3.63) is 58.3 Å². The molecule has 1 N–H and O–H groups in total. The van der Waals surface area contributed by atoms with Crippen molar-refractivity contribution in [2.45, 2.75) is 19.4 Å². The minimum Gasteiger partial charge on any atom is -0.497 e. The molecule has 0 aliphatic rings. The smallest absolute Gasteiger partial charge is 0.119 e. The van der Waals surface area contributed by atoms with Crippen molar-refractivity contribution in [1.82, 2.24) is 10.3 Å². The third-order valence-electron chi connectivity index (χ3n) is 3.22. The Morgan fingerprint density at radius 3 is 2.65 bits per heavy atom. The molecule has 0 radical (unpaired) electrons. The fourth-order valence-electron chi connectivity index (χ4n) is 2.21. The summed E-state index contributed by atoms with van der Waals surface area (Å²) in [6.07, 6.45) is 4.58. The second kappa shape index (κ2) is 7.41. The van der Waals surface area contributed by atoms with E-state index in [1.54, 1.807) is 7.11 Å². The lowest BCUT2D eigenvalue weighted by Crippen LogP contribution is -2.23. The topological polar surface area (TPSA) is 34.2 Å². The summed E-state index contributed by atoms with van der Waals surface area (Å²) >= 11 is 3.64. The highest BCUT2D eigenvalue weighted by molar-refractivity contribution is 9.10. The van der Waals surface area contributed by atoms with E-state index in [0.29, 0.717) is 0 Å². The zero-order valence-electron chi connectivity index (χ0n) is 11.8. The maximum absolute atomic E-state index is 5.33. The van der Waals surface area contributed by atoms with E-state index in [1.165, 1.54) is 11.1 Å². The average molecular weight is 335 g/mol. The lowest BCUT2D eigenvalue weighted by atomic mass is 9.99. The molecule has 1 aromatic heterocycles. The number of hydrogen-bond donors (Lipinski definition) is 1. The third kappa shape index (κ3) is 3.81. The van der Waals surface area contributed by atoms with Gasteiger partial charge in [0, 0.05) is 22.9 Å². The van der Waals surface area contributed by atoms with E-state index in [0.717, 1.165) is 23.2 Å². The second-order valence-corrected chi connectivity index (χ2v) is 5.41. The van der Waals surface area contributed by atoms with E-state index in [2.05, 4.69) is 51.4 Å². The normalized spacial score (nSPS) is 12.2. The summed E-state index contributed by atoms with van der Waals surface area (Å²) in [4.78, 5) is 4.07. The maximum atomic E-state index is 5.33. The van der Waals surface area contributed by atoms with Crippen LogP contribution in [0.15, 0.2) is 47.2 Å². The summed E-state index contributed by atoms with van der Waals surface area (Å²) in [6.45, 7) is 3.03. The first kappa shape index (κ1) is 15.0. The molecule has 0 aliphatic heterocycles. The largest absolute Gasteiger partial charge is 0.497 e. The van der Waals surface area contributed by atoms with E-state index in [1.807, 2.05) is 24.5 Å². The van der Waals surface area contributed by atoms with Crippen LogP contribution in [0.1, 0.15) is 24.1 Å². The number of benzene rings is 1. The van der Waals surface area contributed by atoms with Gasteiger partial charge in [-0.3, -0.25) is 4.98 Å². The van der Waals surface area contributed by atoms with Crippen LogP contribution in [-0.4, -0.2) is 18.6 Å². The lowest BCUT2D eigenvalue weighted by Gasteiger charge is -2.20. The van der Waals surface area contributed by atoms with Gasteiger partial charge in [0.05, 0.1) is 7.11 Å². The monoisotopic (exact) mass is 334 g/mol. The molecule has 106 valence electrons. The van der Waals surface area contributed by atoms with Crippen LogP contribution in [0.5, 0.6) is 5.75 Å². The van der Waals surface area contributed by atoms with Crippen molar-refractivity contribution in [3.8, 4) is 5.75 Å². The molecule has 1 atom stereocenters. The number of ether oxygens (including phenoxy) is 1. The molecule has 4 heteroatoms. The van der Waals surface area contributed by atoms with Crippen LogP contribution in [0.2, 0.25) is 0 Å².